The van der Waals surface area contributed by atoms with E-state index in [-0.39, 0.29) is 0 Å². The molecule has 0 fully saturated rings. The number of aromatic amines is 1. The SMILES string of the molecule is c1ccc(CCCNCc2cnc[nH]2)cc1. The van der Waals surface area contributed by atoms with Crippen molar-refractivity contribution in [1.82, 2.24) is 15.3 Å². The molecule has 0 aliphatic rings. The van der Waals surface area contributed by atoms with Crippen LogP contribution in [0.5, 0.6) is 0 Å². The molecule has 0 saturated heterocycles. The van der Waals surface area contributed by atoms with Crippen LogP contribution in [0, 0.1) is 0 Å². The van der Waals surface area contributed by atoms with Gasteiger partial charge in [0.05, 0.1) is 6.33 Å². The maximum atomic E-state index is 3.97. The largest absolute Gasteiger partial charge is 0.347 e. The second kappa shape index (κ2) is 6.08. The van der Waals surface area contributed by atoms with E-state index in [4.69, 9.17) is 0 Å². The molecule has 0 unspecified atom stereocenters. The van der Waals surface area contributed by atoms with Crippen LogP contribution in [0.2, 0.25) is 0 Å². The highest BCUT2D eigenvalue weighted by atomic mass is 14.9. The molecule has 2 rings (SSSR count). The van der Waals surface area contributed by atoms with Crippen LogP contribution in [0.1, 0.15) is 17.7 Å². The summed E-state index contributed by atoms with van der Waals surface area (Å²) in [5, 5.41) is 3.39. The van der Waals surface area contributed by atoms with Crippen LogP contribution >= 0.6 is 0 Å². The first-order valence-electron chi connectivity index (χ1n) is 5.67. The number of hydrogen-bond donors (Lipinski definition) is 2. The van der Waals surface area contributed by atoms with Gasteiger partial charge in [-0.05, 0) is 24.9 Å². The number of nitrogens with zero attached hydrogens (tertiary/aromatic N) is 1. The molecular weight excluding hydrogens is 198 g/mol. The Morgan fingerprint density at radius 3 is 2.81 bits per heavy atom. The molecule has 0 saturated carbocycles. The molecule has 0 amide bonds. The Morgan fingerprint density at radius 1 is 1.19 bits per heavy atom. The molecule has 0 spiro atoms. The summed E-state index contributed by atoms with van der Waals surface area (Å²) in [6.45, 7) is 1.91. The van der Waals surface area contributed by atoms with E-state index in [1.165, 1.54) is 5.56 Å². The van der Waals surface area contributed by atoms with Gasteiger partial charge in [0.15, 0.2) is 0 Å². The fourth-order valence-corrected chi connectivity index (χ4v) is 1.67. The summed E-state index contributed by atoms with van der Waals surface area (Å²) in [6, 6.07) is 10.6. The lowest BCUT2D eigenvalue weighted by Crippen LogP contribution is -2.15. The minimum absolute atomic E-state index is 0.870. The molecule has 1 heterocycles. The van der Waals surface area contributed by atoms with Crippen molar-refractivity contribution in [3.05, 3.63) is 54.1 Å². The lowest BCUT2D eigenvalue weighted by molar-refractivity contribution is 0.642. The molecule has 3 heteroatoms. The molecule has 0 aliphatic heterocycles. The molecule has 84 valence electrons. The van der Waals surface area contributed by atoms with Gasteiger partial charge in [-0.2, -0.15) is 0 Å². The Kier molecular flexibility index (Phi) is 4.14. The first kappa shape index (κ1) is 10.9. The van der Waals surface area contributed by atoms with E-state index < -0.39 is 0 Å². The van der Waals surface area contributed by atoms with Crippen LogP contribution < -0.4 is 5.32 Å². The molecule has 0 aliphatic carbocycles. The third-order valence-electron chi connectivity index (χ3n) is 2.53. The molecule has 1 aromatic carbocycles. The van der Waals surface area contributed by atoms with Crippen molar-refractivity contribution in [2.45, 2.75) is 19.4 Å². The van der Waals surface area contributed by atoms with Gasteiger partial charge >= 0.3 is 0 Å². The van der Waals surface area contributed by atoms with Crippen molar-refractivity contribution < 1.29 is 0 Å². The molecule has 2 N–H and O–H groups in total. The summed E-state index contributed by atoms with van der Waals surface area (Å²) in [7, 11) is 0. The first-order valence-corrected chi connectivity index (χ1v) is 5.67. The average Bonchev–Trinajstić information content (AvgIpc) is 2.83. The summed E-state index contributed by atoms with van der Waals surface area (Å²) in [6.07, 6.45) is 5.86. The van der Waals surface area contributed by atoms with Crippen molar-refractivity contribution in [3.8, 4) is 0 Å². The van der Waals surface area contributed by atoms with E-state index in [0.717, 1.165) is 31.6 Å². The molecular formula is C13H17N3. The van der Waals surface area contributed by atoms with Crippen LogP contribution in [0.4, 0.5) is 0 Å². The number of nitrogens with one attached hydrogen (secondary N) is 2. The zero-order valence-corrected chi connectivity index (χ0v) is 9.32. The second-order valence-electron chi connectivity index (χ2n) is 3.84. The fraction of sp³-hybridized carbons (Fsp3) is 0.308. The van der Waals surface area contributed by atoms with Crippen molar-refractivity contribution in [2.24, 2.45) is 0 Å². The summed E-state index contributed by atoms with van der Waals surface area (Å²) >= 11 is 0. The normalized spacial score (nSPS) is 10.5. The molecule has 3 nitrogen and oxygen atoms in total. The summed E-state index contributed by atoms with van der Waals surface area (Å²) in [5.41, 5.74) is 2.55. The van der Waals surface area contributed by atoms with Crippen molar-refractivity contribution >= 4 is 0 Å². The molecule has 2 aromatic rings. The average molecular weight is 215 g/mol. The highest BCUT2D eigenvalue weighted by Gasteiger charge is 1.94. The van der Waals surface area contributed by atoms with Crippen LogP contribution in [-0.4, -0.2) is 16.5 Å². The Morgan fingerprint density at radius 2 is 2.06 bits per heavy atom. The predicted molar refractivity (Wildman–Crippen MR) is 65.1 cm³/mol. The summed E-state index contributed by atoms with van der Waals surface area (Å²) < 4.78 is 0. The Hall–Kier alpha value is -1.61. The lowest BCUT2D eigenvalue weighted by atomic mass is 10.1. The Balaban J connectivity index is 1.59. The number of imidazole rings is 1. The van der Waals surface area contributed by atoms with E-state index in [2.05, 4.69) is 45.6 Å². The summed E-state index contributed by atoms with van der Waals surface area (Å²) in [5.74, 6) is 0. The van der Waals surface area contributed by atoms with Gasteiger partial charge in [-0.3, -0.25) is 0 Å². The molecule has 0 radical (unpaired) electrons. The maximum Gasteiger partial charge on any atom is 0.0922 e. The Bertz CT molecular complexity index is 381. The monoisotopic (exact) mass is 215 g/mol. The smallest absolute Gasteiger partial charge is 0.0922 e. The Labute approximate surface area is 95.9 Å². The standard InChI is InChI=1S/C13H17N3/c1-2-5-12(6-3-1)7-4-8-14-9-13-10-15-11-16-13/h1-3,5-6,10-11,14H,4,7-9H2,(H,15,16). The van der Waals surface area contributed by atoms with E-state index in [0.29, 0.717) is 0 Å². The molecule has 0 bridgehead atoms. The topological polar surface area (TPSA) is 40.7 Å². The van der Waals surface area contributed by atoms with Gasteiger partial charge in [-0.15, -0.1) is 0 Å². The van der Waals surface area contributed by atoms with Crippen molar-refractivity contribution in [1.29, 1.82) is 0 Å². The minimum atomic E-state index is 0.870. The fourth-order valence-electron chi connectivity index (χ4n) is 1.67. The van der Waals surface area contributed by atoms with Crippen molar-refractivity contribution in [3.63, 3.8) is 0 Å². The quantitative estimate of drug-likeness (QED) is 0.725. The van der Waals surface area contributed by atoms with Gasteiger partial charge in [0.25, 0.3) is 0 Å². The van der Waals surface area contributed by atoms with Crippen LogP contribution in [0.3, 0.4) is 0 Å². The van der Waals surface area contributed by atoms with Gasteiger partial charge in [-0.25, -0.2) is 4.98 Å². The number of benzene rings is 1. The zero-order chi connectivity index (χ0) is 11.1. The van der Waals surface area contributed by atoms with Crippen LogP contribution in [0.25, 0.3) is 0 Å². The zero-order valence-electron chi connectivity index (χ0n) is 9.32. The summed E-state index contributed by atoms with van der Waals surface area (Å²) in [4.78, 5) is 7.05. The molecule has 0 atom stereocenters. The van der Waals surface area contributed by atoms with Gasteiger partial charge in [0.2, 0.25) is 0 Å². The highest BCUT2D eigenvalue weighted by molar-refractivity contribution is 5.14. The van der Waals surface area contributed by atoms with Gasteiger partial charge in [0.1, 0.15) is 0 Å². The third kappa shape index (κ3) is 3.51. The van der Waals surface area contributed by atoms with E-state index in [1.807, 2.05) is 6.20 Å². The van der Waals surface area contributed by atoms with Gasteiger partial charge in [0, 0.05) is 18.4 Å². The van der Waals surface area contributed by atoms with Crippen LogP contribution in [0.15, 0.2) is 42.9 Å². The molecule has 16 heavy (non-hydrogen) atoms. The highest BCUT2D eigenvalue weighted by Crippen LogP contribution is 2.01. The third-order valence-corrected chi connectivity index (χ3v) is 2.53. The van der Waals surface area contributed by atoms with E-state index in [1.54, 1.807) is 6.33 Å². The number of H-pyrrole nitrogens is 1. The number of aryl methyl sites for hydroxylation is 1. The van der Waals surface area contributed by atoms with Crippen molar-refractivity contribution in [2.75, 3.05) is 6.54 Å². The van der Waals surface area contributed by atoms with Gasteiger partial charge < -0.3 is 10.3 Å². The minimum Gasteiger partial charge on any atom is -0.347 e. The molecule has 1 aromatic heterocycles. The maximum absolute atomic E-state index is 3.97. The number of rotatable bonds is 6. The first-order chi connectivity index (χ1) is 7.95. The number of hydrogen-bond acceptors (Lipinski definition) is 2. The van der Waals surface area contributed by atoms with E-state index in [9.17, 15) is 0 Å². The second-order valence-corrected chi connectivity index (χ2v) is 3.84. The lowest BCUT2D eigenvalue weighted by Gasteiger charge is -2.03. The van der Waals surface area contributed by atoms with Gasteiger partial charge in [-0.1, -0.05) is 30.3 Å². The predicted octanol–water partition coefficient (Wildman–Crippen LogP) is 2.13. The van der Waals surface area contributed by atoms with Crippen LogP contribution in [-0.2, 0) is 13.0 Å². The number of aromatic nitrogens is 2. The van der Waals surface area contributed by atoms with E-state index >= 15 is 0 Å².